The van der Waals surface area contributed by atoms with E-state index in [2.05, 4.69) is 5.32 Å². The molecule has 1 amide bonds. The molecule has 2 aromatic rings. The van der Waals surface area contributed by atoms with Crippen molar-refractivity contribution < 1.29 is 33.6 Å². The van der Waals surface area contributed by atoms with Crippen molar-refractivity contribution in [1.29, 1.82) is 0 Å². The number of aromatic carboxylic acids is 1. The predicted octanol–water partition coefficient (Wildman–Crippen LogP) is 3.45. The van der Waals surface area contributed by atoms with Crippen LogP contribution in [0.2, 0.25) is 0 Å². The molecule has 0 atom stereocenters. The number of carbonyl (C=O) groups is 2. The topological polar surface area (TPSA) is 103 Å². The second-order valence-corrected chi connectivity index (χ2v) is 6.05. The molecule has 2 N–H and O–H groups in total. The molecule has 0 spiro atoms. The van der Waals surface area contributed by atoms with Crippen LogP contribution in [-0.2, 0) is 0 Å². The average Bonchev–Trinajstić information content (AvgIpc) is 2.66. The van der Waals surface area contributed by atoms with E-state index in [9.17, 15) is 14.7 Å². The first-order chi connectivity index (χ1) is 13.3. The summed E-state index contributed by atoms with van der Waals surface area (Å²) in [4.78, 5) is 24.1. The van der Waals surface area contributed by atoms with Gasteiger partial charge in [-0.3, -0.25) is 4.79 Å². The Kier molecular flexibility index (Phi) is 6.70. The molecule has 0 aliphatic heterocycles. The molecule has 8 nitrogen and oxygen atoms in total. The van der Waals surface area contributed by atoms with Crippen LogP contribution in [0.5, 0.6) is 23.0 Å². The largest absolute Gasteiger partial charge is 0.493 e. The molecule has 0 aliphatic rings. The first-order valence-electron chi connectivity index (χ1n) is 8.46. The summed E-state index contributed by atoms with van der Waals surface area (Å²) in [6, 6.07) is 7.38. The molecule has 28 heavy (non-hydrogen) atoms. The number of hydrogen-bond donors (Lipinski definition) is 2. The SMILES string of the molecule is COc1cc(C(=O)Nc2cc(C(=O)O)cc(OC)c2OC)ccc1OC(C)C. The molecule has 0 aromatic heterocycles. The Morgan fingerprint density at radius 3 is 2.07 bits per heavy atom. The molecule has 0 saturated carbocycles. The summed E-state index contributed by atoms with van der Waals surface area (Å²) in [6.07, 6.45) is -0.0518. The van der Waals surface area contributed by atoms with E-state index in [0.29, 0.717) is 17.1 Å². The molecule has 0 fully saturated rings. The zero-order valence-corrected chi connectivity index (χ0v) is 16.4. The highest BCUT2D eigenvalue weighted by Crippen LogP contribution is 2.37. The normalized spacial score (nSPS) is 10.4. The fraction of sp³-hybridized carbons (Fsp3) is 0.300. The number of ether oxygens (including phenoxy) is 4. The van der Waals surface area contributed by atoms with E-state index in [0.717, 1.165) is 0 Å². The number of methoxy groups -OCH3 is 3. The van der Waals surface area contributed by atoms with E-state index in [-0.39, 0.29) is 28.9 Å². The minimum atomic E-state index is -1.16. The van der Waals surface area contributed by atoms with E-state index >= 15 is 0 Å². The van der Waals surface area contributed by atoms with E-state index in [1.165, 1.54) is 39.5 Å². The van der Waals surface area contributed by atoms with Crippen LogP contribution < -0.4 is 24.3 Å². The highest BCUT2D eigenvalue weighted by atomic mass is 16.5. The van der Waals surface area contributed by atoms with Gasteiger partial charge in [0.05, 0.1) is 38.7 Å². The Morgan fingerprint density at radius 1 is 0.893 bits per heavy atom. The zero-order chi connectivity index (χ0) is 20.8. The van der Waals surface area contributed by atoms with Gasteiger partial charge in [0.2, 0.25) is 0 Å². The molecule has 0 saturated heterocycles. The van der Waals surface area contributed by atoms with Gasteiger partial charge < -0.3 is 29.4 Å². The number of carbonyl (C=O) groups excluding carboxylic acids is 1. The second-order valence-electron chi connectivity index (χ2n) is 6.05. The number of anilines is 1. The minimum absolute atomic E-state index is 0.0498. The average molecular weight is 389 g/mol. The van der Waals surface area contributed by atoms with Crippen LogP contribution >= 0.6 is 0 Å². The standard InChI is InChI=1S/C20H23NO7/c1-11(2)28-15-7-6-12(9-16(15)25-3)19(22)21-14-8-13(20(23)24)10-17(26-4)18(14)27-5/h6-11H,1-5H3,(H,21,22)(H,23,24). The van der Waals surface area contributed by atoms with Gasteiger partial charge in [0.25, 0.3) is 5.91 Å². The predicted molar refractivity (Wildman–Crippen MR) is 103 cm³/mol. The number of rotatable bonds is 8. The first-order valence-corrected chi connectivity index (χ1v) is 8.46. The number of hydrogen-bond acceptors (Lipinski definition) is 6. The van der Waals surface area contributed by atoms with E-state index in [1.54, 1.807) is 12.1 Å². The Bertz CT molecular complexity index is 877. The first kappa shape index (κ1) is 20.9. The molecule has 2 rings (SSSR count). The second kappa shape index (κ2) is 8.98. The molecule has 0 aliphatic carbocycles. The fourth-order valence-electron chi connectivity index (χ4n) is 2.54. The van der Waals surface area contributed by atoms with Crippen molar-refractivity contribution in [3.63, 3.8) is 0 Å². The minimum Gasteiger partial charge on any atom is -0.493 e. The van der Waals surface area contributed by atoms with E-state index in [1.807, 2.05) is 13.8 Å². The third-order valence-electron chi connectivity index (χ3n) is 3.76. The number of carboxylic acids is 1. The maximum atomic E-state index is 12.7. The maximum Gasteiger partial charge on any atom is 0.335 e. The van der Waals surface area contributed by atoms with Crippen molar-refractivity contribution in [3.05, 3.63) is 41.5 Å². The summed E-state index contributed by atoms with van der Waals surface area (Å²) < 4.78 is 21.4. The van der Waals surface area contributed by atoms with Gasteiger partial charge in [-0.05, 0) is 44.2 Å². The van der Waals surface area contributed by atoms with E-state index in [4.69, 9.17) is 18.9 Å². The quantitative estimate of drug-likeness (QED) is 0.713. The van der Waals surface area contributed by atoms with Crippen LogP contribution in [0.4, 0.5) is 5.69 Å². The van der Waals surface area contributed by atoms with Crippen LogP contribution in [0.25, 0.3) is 0 Å². The Morgan fingerprint density at radius 2 is 1.54 bits per heavy atom. The number of benzene rings is 2. The summed E-state index contributed by atoms with van der Waals surface area (Å²) in [5, 5.41) is 11.9. The molecule has 0 heterocycles. The van der Waals surface area contributed by atoms with Crippen molar-refractivity contribution in [3.8, 4) is 23.0 Å². The molecule has 8 heteroatoms. The monoisotopic (exact) mass is 389 g/mol. The molecule has 150 valence electrons. The lowest BCUT2D eigenvalue weighted by atomic mass is 10.1. The van der Waals surface area contributed by atoms with Crippen molar-refractivity contribution in [2.75, 3.05) is 26.6 Å². The lowest BCUT2D eigenvalue weighted by Crippen LogP contribution is -2.14. The maximum absolute atomic E-state index is 12.7. The number of carboxylic acid groups (broad SMARTS) is 1. The highest BCUT2D eigenvalue weighted by Gasteiger charge is 2.19. The molecule has 2 aromatic carbocycles. The molecular formula is C20H23NO7. The summed E-state index contributed by atoms with van der Waals surface area (Å²) in [6.45, 7) is 3.77. The van der Waals surface area contributed by atoms with Gasteiger partial charge >= 0.3 is 5.97 Å². The van der Waals surface area contributed by atoms with Gasteiger partial charge in [0.1, 0.15) is 0 Å². The lowest BCUT2D eigenvalue weighted by molar-refractivity contribution is 0.0696. The lowest BCUT2D eigenvalue weighted by Gasteiger charge is -2.16. The van der Waals surface area contributed by atoms with Crippen molar-refractivity contribution in [1.82, 2.24) is 0 Å². The van der Waals surface area contributed by atoms with Crippen molar-refractivity contribution >= 4 is 17.6 Å². The van der Waals surface area contributed by atoms with Gasteiger partial charge in [0, 0.05) is 5.56 Å². The highest BCUT2D eigenvalue weighted by molar-refractivity contribution is 6.06. The molecular weight excluding hydrogens is 366 g/mol. The van der Waals surface area contributed by atoms with Crippen LogP contribution in [0.15, 0.2) is 30.3 Å². The van der Waals surface area contributed by atoms with Crippen molar-refractivity contribution in [2.24, 2.45) is 0 Å². The molecule has 0 unspecified atom stereocenters. The summed E-state index contributed by atoms with van der Waals surface area (Å²) in [5.74, 6) is -0.305. The molecule has 0 radical (unpaired) electrons. The Balaban J connectivity index is 2.39. The van der Waals surface area contributed by atoms with Crippen molar-refractivity contribution in [2.45, 2.75) is 20.0 Å². The Labute approximate surface area is 163 Å². The van der Waals surface area contributed by atoms with Crippen LogP contribution in [0.1, 0.15) is 34.6 Å². The Hall–Kier alpha value is -3.42. The smallest absolute Gasteiger partial charge is 0.335 e. The number of amides is 1. The summed E-state index contributed by atoms with van der Waals surface area (Å²) in [7, 11) is 4.26. The fourth-order valence-corrected chi connectivity index (χ4v) is 2.54. The van der Waals surface area contributed by atoms with Gasteiger partial charge in [-0.25, -0.2) is 4.79 Å². The van der Waals surface area contributed by atoms with E-state index < -0.39 is 11.9 Å². The molecule has 0 bridgehead atoms. The van der Waals surface area contributed by atoms with Crippen LogP contribution in [-0.4, -0.2) is 44.4 Å². The third kappa shape index (κ3) is 4.64. The summed E-state index contributed by atoms with van der Waals surface area (Å²) in [5.41, 5.74) is 0.423. The van der Waals surface area contributed by atoms with Gasteiger partial charge in [-0.2, -0.15) is 0 Å². The number of nitrogens with one attached hydrogen (secondary N) is 1. The van der Waals surface area contributed by atoms with Crippen LogP contribution in [0.3, 0.4) is 0 Å². The third-order valence-corrected chi connectivity index (χ3v) is 3.76. The van der Waals surface area contributed by atoms with Gasteiger partial charge in [0.15, 0.2) is 23.0 Å². The van der Waals surface area contributed by atoms with Gasteiger partial charge in [-0.15, -0.1) is 0 Å². The van der Waals surface area contributed by atoms with Gasteiger partial charge in [-0.1, -0.05) is 0 Å². The summed E-state index contributed by atoms with van der Waals surface area (Å²) >= 11 is 0. The van der Waals surface area contributed by atoms with Crippen LogP contribution in [0, 0.1) is 0 Å². The zero-order valence-electron chi connectivity index (χ0n) is 16.4.